The molecule has 0 bridgehead atoms. The molecule has 0 aliphatic carbocycles. The molecule has 0 N–H and O–H groups in total. The highest BCUT2D eigenvalue weighted by molar-refractivity contribution is 5.90. The fourth-order valence-corrected chi connectivity index (χ4v) is 3.57. The zero-order valence-electron chi connectivity index (χ0n) is 14.2. The van der Waals surface area contributed by atoms with Crippen LogP contribution in [-0.4, -0.2) is 66.8 Å². The Bertz CT molecular complexity index is 591. The molecule has 5 nitrogen and oxygen atoms in total. The van der Waals surface area contributed by atoms with Gasteiger partial charge in [0.25, 0.3) is 0 Å². The Hall–Kier alpha value is -1.88. The number of hydrogen-bond acceptors (Lipinski definition) is 3. The van der Waals surface area contributed by atoms with Crippen LogP contribution >= 0.6 is 0 Å². The van der Waals surface area contributed by atoms with E-state index in [9.17, 15) is 9.59 Å². The third kappa shape index (κ3) is 3.11. The van der Waals surface area contributed by atoms with Crippen LogP contribution in [0.15, 0.2) is 24.3 Å². The van der Waals surface area contributed by atoms with Crippen LogP contribution in [0.5, 0.6) is 0 Å². The normalized spacial score (nSPS) is 26.0. The number of amides is 2. The molecule has 0 saturated carbocycles. The van der Waals surface area contributed by atoms with Crippen LogP contribution in [0.25, 0.3) is 0 Å². The van der Waals surface area contributed by atoms with E-state index in [1.807, 2.05) is 43.1 Å². The smallest absolute Gasteiger partial charge is 0.228 e. The van der Waals surface area contributed by atoms with Gasteiger partial charge in [0.2, 0.25) is 11.8 Å². The fourth-order valence-electron chi connectivity index (χ4n) is 3.57. The minimum Gasteiger partial charge on any atom is -0.340 e. The Labute approximate surface area is 137 Å². The maximum atomic E-state index is 13.0. The molecular weight excluding hydrogens is 290 g/mol. The van der Waals surface area contributed by atoms with Gasteiger partial charge in [-0.3, -0.25) is 9.59 Å². The summed E-state index contributed by atoms with van der Waals surface area (Å²) in [6.07, 6.45) is 0.320. The van der Waals surface area contributed by atoms with Gasteiger partial charge in [-0.1, -0.05) is 29.8 Å². The van der Waals surface area contributed by atoms with E-state index >= 15 is 0 Å². The van der Waals surface area contributed by atoms with E-state index in [1.165, 1.54) is 5.56 Å². The molecule has 0 spiro atoms. The maximum Gasteiger partial charge on any atom is 0.228 e. The van der Waals surface area contributed by atoms with Crippen LogP contribution in [0.2, 0.25) is 0 Å². The van der Waals surface area contributed by atoms with Crippen LogP contribution in [0.4, 0.5) is 0 Å². The number of rotatable bonds is 2. The summed E-state index contributed by atoms with van der Waals surface area (Å²) in [6.45, 7) is 5.35. The largest absolute Gasteiger partial charge is 0.340 e. The molecule has 1 aromatic rings. The summed E-state index contributed by atoms with van der Waals surface area (Å²) in [4.78, 5) is 31.1. The van der Waals surface area contributed by atoms with Crippen molar-refractivity contribution in [2.24, 2.45) is 5.92 Å². The lowest BCUT2D eigenvalue weighted by atomic mass is 9.91. The zero-order valence-corrected chi connectivity index (χ0v) is 14.2. The molecular formula is C18H25N3O2. The van der Waals surface area contributed by atoms with E-state index in [2.05, 4.69) is 11.9 Å². The van der Waals surface area contributed by atoms with Crippen molar-refractivity contribution in [2.75, 3.05) is 40.3 Å². The summed E-state index contributed by atoms with van der Waals surface area (Å²) >= 11 is 0. The molecule has 2 atom stereocenters. The minimum absolute atomic E-state index is 0.0584. The first kappa shape index (κ1) is 16.0. The number of aryl methyl sites for hydroxylation is 1. The number of likely N-dealkylation sites (N-methyl/N-ethyl adjacent to an activating group) is 1. The first-order valence-corrected chi connectivity index (χ1v) is 8.27. The highest BCUT2D eigenvalue weighted by Crippen LogP contribution is 2.38. The summed E-state index contributed by atoms with van der Waals surface area (Å²) in [5.74, 6) is -0.0805. The molecule has 2 unspecified atom stereocenters. The lowest BCUT2D eigenvalue weighted by molar-refractivity contribution is -0.138. The topological polar surface area (TPSA) is 43.9 Å². The van der Waals surface area contributed by atoms with Gasteiger partial charge in [-0.25, -0.2) is 0 Å². The van der Waals surface area contributed by atoms with Crippen LogP contribution in [-0.2, 0) is 9.59 Å². The predicted molar refractivity (Wildman–Crippen MR) is 88.9 cm³/mol. The van der Waals surface area contributed by atoms with Gasteiger partial charge in [0, 0.05) is 39.6 Å². The average molecular weight is 315 g/mol. The Morgan fingerprint density at radius 1 is 1.04 bits per heavy atom. The number of benzene rings is 1. The lowest BCUT2D eigenvalue weighted by Crippen LogP contribution is -2.49. The van der Waals surface area contributed by atoms with Crippen LogP contribution in [0.3, 0.4) is 0 Å². The number of nitrogens with zero attached hydrogens (tertiary/aromatic N) is 3. The molecule has 2 amide bonds. The third-order valence-electron chi connectivity index (χ3n) is 5.14. The number of carbonyl (C=O) groups is 2. The van der Waals surface area contributed by atoms with E-state index < -0.39 is 0 Å². The van der Waals surface area contributed by atoms with Gasteiger partial charge in [0.15, 0.2) is 0 Å². The van der Waals surface area contributed by atoms with E-state index in [0.29, 0.717) is 6.42 Å². The standard InChI is InChI=1S/C18H25N3O2/c1-13-4-6-14(7-5-13)17-15(12-16(22)20(17)3)18(23)21-10-8-19(2)9-11-21/h4-7,15,17H,8-12H2,1-3H3. The van der Waals surface area contributed by atoms with Gasteiger partial charge in [0.05, 0.1) is 12.0 Å². The van der Waals surface area contributed by atoms with Crippen molar-refractivity contribution in [1.82, 2.24) is 14.7 Å². The molecule has 2 aliphatic rings. The predicted octanol–water partition coefficient (Wildman–Crippen LogP) is 1.29. The highest BCUT2D eigenvalue weighted by atomic mass is 16.2. The van der Waals surface area contributed by atoms with Crippen molar-refractivity contribution in [1.29, 1.82) is 0 Å². The van der Waals surface area contributed by atoms with Crippen molar-refractivity contribution < 1.29 is 9.59 Å². The second-order valence-electron chi connectivity index (χ2n) is 6.80. The Balaban J connectivity index is 1.82. The first-order chi connectivity index (χ1) is 11.0. The summed E-state index contributed by atoms with van der Waals surface area (Å²) < 4.78 is 0. The summed E-state index contributed by atoms with van der Waals surface area (Å²) in [5.41, 5.74) is 2.24. The number of hydrogen-bond donors (Lipinski definition) is 0. The summed E-state index contributed by atoms with van der Waals surface area (Å²) in [6, 6.07) is 8.03. The molecule has 2 aliphatic heterocycles. The molecule has 2 saturated heterocycles. The molecule has 124 valence electrons. The highest BCUT2D eigenvalue weighted by Gasteiger charge is 2.44. The van der Waals surface area contributed by atoms with E-state index in [-0.39, 0.29) is 23.8 Å². The van der Waals surface area contributed by atoms with Crippen molar-refractivity contribution in [2.45, 2.75) is 19.4 Å². The van der Waals surface area contributed by atoms with Gasteiger partial charge >= 0.3 is 0 Å². The molecule has 2 heterocycles. The van der Waals surface area contributed by atoms with Crippen molar-refractivity contribution in [3.05, 3.63) is 35.4 Å². The Morgan fingerprint density at radius 2 is 1.65 bits per heavy atom. The average Bonchev–Trinajstić information content (AvgIpc) is 2.84. The SMILES string of the molecule is Cc1ccc(C2C(C(=O)N3CCN(C)CC3)CC(=O)N2C)cc1. The summed E-state index contributed by atoms with van der Waals surface area (Å²) in [5, 5.41) is 0. The molecule has 0 aromatic heterocycles. The Kier molecular flexibility index (Phi) is 4.39. The number of piperazine rings is 1. The van der Waals surface area contributed by atoms with Crippen LogP contribution in [0.1, 0.15) is 23.6 Å². The van der Waals surface area contributed by atoms with Crippen molar-refractivity contribution >= 4 is 11.8 Å². The van der Waals surface area contributed by atoms with E-state index in [0.717, 1.165) is 31.7 Å². The molecule has 3 rings (SSSR count). The quantitative estimate of drug-likeness (QED) is 0.826. The fraction of sp³-hybridized carbons (Fsp3) is 0.556. The summed E-state index contributed by atoms with van der Waals surface area (Å²) in [7, 11) is 3.88. The van der Waals surface area contributed by atoms with Crippen LogP contribution < -0.4 is 0 Å². The van der Waals surface area contributed by atoms with Crippen molar-refractivity contribution in [3.63, 3.8) is 0 Å². The monoisotopic (exact) mass is 315 g/mol. The Morgan fingerprint density at radius 3 is 2.26 bits per heavy atom. The van der Waals surface area contributed by atoms with E-state index in [4.69, 9.17) is 0 Å². The molecule has 23 heavy (non-hydrogen) atoms. The maximum absolute atomic E-state index is 13.0. The van der Waals surface area contributed by atoms with Gasteiger partial charge in [-0.2, -0.15) is 0 Å². The van der Waals surface area contributed by atoms with Crippen molar-refractivity contribution in [3.8, 4) is 0 Å². The molecule has 0 radical (unpaired) electrons. The minimum atomic E-state index is -0.265. The zero-order chi connectivity index (χ0) is 16.6. The van der Waals surface area contributed by atoms with Gasteiger partial charge < -0.3 is 14.7 Å². The molecule has 5 heteroatoms. The molecule has 2 fully saturated rings. The third-order valence-corrected chi connectivity index (χ3v) is 5.14. The number of likely N-dealkylation sites (tertiary alicyclic amines) is 1. The van der Waals surface area contributed by atoms with Crippen LogP contribution in [0, 0.1) is 12.8 Å². The first-order valence-electron chi connectivity index (χ1n) is 8.27. The lowest BCUT2D eigenvalue weighted by Gasteiger charge is -2.35. The second-order valence-corrected chi connectivity index (χ2v) is 6.80. The number of carbonyl (C=O) groups excluding carboxylic acids is 2. The van der Waals surface area contributed by atoms with Gasteiger partial charge in [-0.05, 0) is 19.5 Å². The second kappa shape index (κ2) is 6.32. The van der Waals surface area contributed by atoms with E-state index in [1.54, 1.807) is 4.90 Å². The van der Waals surface area contributed by atoms with Gasteiger partial charge in [0.1, 0.15) is 0 Å². The van der Waals surface area contributed by atoms with Gasteiger partial charge in [-0.15, -0.1) is 0 Å². The molecule has 1 aromatic carbocycles.